The van der Waals surface area contributed by atoms with Crippen LogP contribution in [0.25, 0.3) is 0 Å². The van der Waals surface area contributed by atoms with Crippen LogP contribution in [-0.2, 0) is 14.3 Å². The van der Waals surface area contributed by atoms with Gasteiger partial charge in [-0.05, 0) is 83.5 Å². The minimum Gasteiger partial charge on any atom is -0.462 e. The summed E-state index contributed by atoms with van der Waals surface area (Å²) in [5.41, 5.74) is 0. The quantitative estimate of drug-likeness (QED) is 0.0324. The monoisotopic (exact) mass is 802 g/mol. The van der Waals surface area contributed by atoms with Crippen molar-refractivity contribution >= 4 is 11.9 Å². The van der Waals surface area contributed by atoms with Gasteiger partial charge < -0.3 is 20.3 Å². The van der Waals surface area contributed by atoms with Crippen molar-refractivity contribution in [2.45, 2.75) is 270 Å². The summed E-state index contributed by atoms with van der Waals surface area (Å²) in [7, 11) is 0. The lowest BCUT2D eigenvalue weighted by molar-refractivity contribution is -0.151. The van der Waals surface area contributed by atoms with E-state index in [4.69, 9.17) is 4.74 Å². The Labute approximate surface area is 353 Å². The van der Waals surface area contributed by atoms with E-state index >= 15 is 0 Å². The lowest BCUT2D eigenvalue weighted by Crippen LogP contribution is -2.46. The van der Waals surface area contributed by atoms with Crippen molar-refractivity contribution in [1.29, 1.82) is 0 Å². The predicted molar refractivity (Wildman–Crippen MR) is 246 cm³/mol. The Hall–Kier alpha value is -1.92. The number of nitrogens with one attached hydrogen (secondary N) is 1. The molecule has 0 radical (unpaired) electrons. The summed E-state index contributed by atoms with van der Waals surface area (Å²) in [6, 6.07) is -0.702. The van der Waals surface area contributed by atoms with Crippen LogP contribution in [0.4, 0.5) is 0 Å². The SMILES string of the molecule is CCCCC/C=C\C/C=C\CCCCCCCCCC(CC(=O)NC(CO)C(O)CCCCCCCCCCC)OC(=O)CCCCCCC/C=C\CCCCC. The molecule has 6 heteroatoms. The lowest BCUT2D eigenvalue weighted by Gasteiger charge is -2.24. The Morgan fingerprint density at radius 1 is 0.509 bits per heavy atom. The van der Waals surface area contributed by atoms with Gasteiger partial charge in [0.1, 0.15) is 6.10 Å². The third-order valence-corrected chi connectivity index (χ3v) is 11.2. The summed E-state index contributed by atoms with van der Waals surface area (Å²) in [6.45, 7) is 6.41. The minimum absolute atomic E-state index is 0.0706. The van der Waals surface area contributed by atoms with Crippen LogP contribution in [0, 0.1) is 0 Å². The molecule has 0 aromatic carbocycles. The van der Waals surface area contributed by atoms with E-state index in [1.807, 2.05) is 0 Å². The van der Waals surface area contributed by atoms with E-state index in [0.717, 1.165) is 77.0 Å². The average Bonchev–Trinajstić information content (AvgIpc) is 3.20. The number of allylic oxidation sites excluding steroid dienone is 6. The highest BCUT2D eigenvalue weighted by molar-refractivity contribution is 5.77. The summed E-state index contributed by atoms with van der Waals surface area (Å²) < 4.78 is 5.91. The van der Waals surface area contributed by atoms with Crippen LogP contribution >= 0.6 is 0 Å². The lowest BCUT2D eigenvalue weighted by atomic mass is 10.0. The first-order valence-electron chi connectivity index (χ1n) is 24.7. The smallest absolute Gasteiger partial charge is 0.306 e. The molecule has 0 aliphatic heterocycles. The molecule has 0 aliphatic rings. The fourth-order valence-corrected chi connectivity index (χ4v) is 7.40. The van der Waals surface area contributed by atoms with E-state index in [1.54, 1.807) is 0 Å². The molecule has 0 saturated heterocycles. The molecule has 3 unspecified atom stereocenters. The van der Waals surface area contributed by atoms with Gasteiger partial charge in [0.15, 0.2) is 0 Å². The molecule has 6 nitrogen and oxygen atoms in total. The first kappa shape index (κ1) is 55.1. The molecule has 0 aromatic rings. The standard InChI is InChI=1S/C51H95NO5/c1-4-7-10-13-16-19-21-23-24-25-26-27-28-31-33-36-39-42-47(57-51(56)44-41-38-35-32-29-22-20-17-14-11-8-5-2)45-50(55)52-48(46-53)49(54)43-40-37-34-30-18-15-12-9-6-3/h16-17,19-20,23-24,47-49,53-54H,4-15,18,21-22,25-46H2,1-3H3,(H,52,55)/b19-16-,20-17-,24-23-. The van der Waals surface area contributed by atoms with Crippen molar-refractivity contribution in [2.75, 3.05) is 6.61 Å². The number of rotatable bonds is 44. The first-order chi connectivity index (χ1) is 28.0. The van der Waals surface area contributed by atoms with Gasteiger partial charge in [0.25, 0.3) is 0 Å². The van der Waals surface area contributed by atoms with Crippen molar-refractivity contribution in [3.63, 3.8) is 0 Å². The van der Waals surface area contributed by atoms with Gasteiger partial charge in [0.2, 0.25) is 5.91 Å². The molecule has 57 heavy (non-hydrogen) atoms. The number of amides is 1. The molecule has 3 N–H and O–H groups in total. The highest BCUT2D eigenvalue weighted by atomic mass is 16.5. The third kappa shape index (κ3) is 40.6. The van der Waals surface area contributed by atoms with Gasteiger partial charge in [-0.2, -0.15) is 0 Å². The van der Waals surface area contributed by atoms with Crippen LogP contribution in [0.15, 0.2) is 36.5 Å². The number of carbonyl (C=O) groups excluding carboxylic acids is 2. The van der Waals surface area contributed by atoms with E-state index < -0.39 is 18.2 Å². The van der Waals surface area contributed by atoms with Gasteiger partial charge in [0, 0.05) is 6.42 Å². The number of hydrogen-bond acceptors (Lipinski definition) is 5. The number of unbranched alkanes of at least 4 members (excludes halogenated alkanes) is 26. The minimum atomic E-state index is -0.787. The van der Waals surface area contributed by atoms with Crippen LogP contribution in [0.1, 0.15) is 252 Å². The molecule has 0 rings (SSSR count). The van der Waals surface area contributed by atoms with E-state index in [1.165, 1.54) is 128 Å². The summed E-state index contributed by atoms with van der Waals surface area (Å²) in [4.78, 5) is 26.0. The zero-order valence-electron chi connectivity index (χ0n) is 38.0. The van der Waals surface area contributed by atoms with Crippen molar-refractivity contribution in [3.05, 3.63) is 36.5 Å². The van der Waals surface area contributed by atoms with Gasteiger partial charge in [-0.1, -0.05) is 192 Å². The molecule has 0 aliphatic carbocycles. The summed E-state index contributed by atoms with van der Waals surface area (Å²) in [6.07, 6.45) is 52.0. The van der Waals surface area contributed by atoms with Gasteiger partial charge in [0.05, 0.1) is 25.2 Å². The molecule has 0 saturated carbocycles. The van der Waals surface area contributed by atoms with Crippen molar-refractivity contribution in [3.8, 4) is 0 Å². The maximum absolute atomic E-state index is 13.1. The second kappa shape index (κ2) is 45.2. The molecule has 0 bridgehead atoms. The largest absolute Gasteiger partial charge is 0.462 e. The Kier molecular flexibility index (Phi) is 43.6. The molecule has 0 aromatic heterocycles. The Morgan fingerprint density at radius 2 is 0.895 bits per heavy atom. The highest BCUT2D eigenvalue weighted by Crippen LogP contribution is 2.17. The number of aliphatic hydroxyl groups is 2. The highest BCUT2D eigenvalue weighted by Gasteiger charge is 2.24. The molecular formula is C51H95NO5. The maximum atomic E-state index is 13.1. The van der Waals surface area contributed by atoms with Crippen LogP contribution in [-0.4, -0.2) is 46.9 Å². The van der Waals surface area contributed by atoms with E-state index in [-0.39, 0.29) is 24.9 Å². The van der Waals surface area contributed by atoms with E-state index in [2.05, 4.69) is 62.5 Å². The Morgan fingerprint density at radius 3 is 1.39 bits per heavy atom. The van der Waals surface area contributed by atoms with Gasteiger partial charge in [-0.3, -0.25) is 9.59 Å². The molecule has 0 heterocycles. The Balaban J connectivity index is 4.60. The van der Waals surface area contributed by atoms with Crippen LogP contribution in [0.5, 0.6) is 0 Å². The predicted octanol–water partition coefficient (Wildman–Crippen LogP) is 14.5. The zero-order chi connectivity index (χ0) is 41.7. The van der Waals surface area contributed by atoms with E-state index in [9.17, 15) is 19.8 Å². The second-order valence-corrected chi connectivity index (χ2v) is 16.9. The molecule has 334 valence electrons. The van der Waals surface area contributed by atoms with Gasteiger partial charge in [-0.25, -0.2) is 0 Å². The van der Waals surface area contributed by atoms with Crippen LogP contribution < -0.4 is 5.32 Å². The van der Waals surface area contributed by atoms with E-state index in [0.29, 0.717) is 19.3 Å². The topological polar surface area (TPSA) is 95.9 Å². The molecule has 0 spiro atoms. The second-order valence-electron chi connectivity index (χ2n) is 16.9. The number of hydrogen-bond donors (Lipinski definition) is 3. The molecule has 0 fully saturated rings. The maximum Gasteiger partial charge on any atom is 0.306 e. The fourth-order valence-electron chi connectivity index (χ4n) is 7.40. The molecular weight excluding hydrogens is 707 g/mol. The van der Waals surface area contributed by atoms with Crippen molar-refractivity contribution in [1.82, 2.24) is 5.32 Å². The van der Waals surface area contributed by atoms with Crippen LogP contribution in [0.2, 0.25) is 0 Å². The number of esters is 1. The van der Waals surface area contributed by atoms with Gasteiger partial charge >= 0.3 is 5.97 Å². The molecule has 1 amide bonds. The molecule has 3 atom stereocenters. The van der Waals surface area contributed by atoms with Gasteiger partial charge in [-0.15, -0.1) is 0 Å². The summed E-state index contributed by atoms with van der Waals surface area (Å²) >= 11 is 0. The number of carbonyl (C=O) groups is 2. The van der Waals surface area contributed by atoms with Crippen molar-refractivity contribution in [2.24, 2.45) is 0 Å². The summed E-state index contributed by atoms with van der Waals surface area (Å²) in [5, 5.41) is 23.6. The summed E-state index contributed by atoms with van der Waals surface area (Å²) in [5.74, 6) is -0.488. The number of ether oxygens (including phenoxy) is 1. The van der Waals surface area contributed by atoms with Crippen molar-refractivity contribution < 1.29 is 24.5 Å². The average molecular weight is 802 g/mol. The normalized spacial score (nSPS) is 13.6. The third-order valence-electron chi connectivity index (χ3n) is 11.2. The first-order valence-corrected chi connectivity index (χ1v) is 24.7. The van der Waals surface area contributed by atoms with Crippen LogP contribution in [0.3, 0.4) is 0 Å². The zero-order valence-corrected chi connectivity index (χ0v) is 38.0. The Bertz CT molecular complexity index is 946. The number of aliphatic hydroxyl groups excluding tert-OH is 2. The fraction of sp³-hybridized carbons (Fsp3) is 0.843.